The van der Waals surface area contributed by atoms with Crippen molar-refractivity contribution < 1.29 is 14.3 Å². The standard InChI is InChI=1S/C26H46O3Si/c1-23(2,3)30(7,8)29-20-14-19(27)22-17-13-21(28-6)26-15-16(26)9-12-25(26,5)18(17)10-11-24(20,22)4/h16-22,27H,9-15H2,1-8H3/t16-,17-,18-,19-,20+,21-,22+,24-,25-,26+/m1/s1. The van der Waals surface area contributed by atoms with Crippen molar-refractivity contribution in [2.24, 2.45) is 39.9 Å². The highest BCUT2D eigenvalue weighted by Crippen LogP contribution is 2.82. The minimum absolute atomic E-state index is 0.108. The van der Waals surface area contributed by atoms with Crippen LogP contribution in [-0.4, -0.2) is 38.8 Å². The zero-order chi connectivity index (χ0) is 21.9. The lowest BCUT2D eigenvalue weighted by molar-refractivity contribution is -0.172. The van der Waals surface area contributed by atoms with Crippen molar-refractivity contribution in [3.05, 3.63) is 0 Å². The maximum absolute atomic E-state index is 11.5. The first kappa shape index (κ1) is 21.9. The summed E-state index contributed by atoms with van der Waals surface area (Å²) in [5.41, 5.74) is 0.981. The van der Waals surface area contributed by atoms with Crippen LogP contribution < -0.4 is 0 Å². The van der Waals surface area contributed by atoms with E-state index in [0.29, 0.717) is 28.8 Å². The molecule has 0 heterocycles. The van der Waals surface area contributed by atoms with Crippen molar-refractivity contribution in [2.45, 2.75) is 116 Å². The summed E-state index contributed by atoms with van der Waals surface area (Å²) in [6.07, 6.45) is 9.11. The van der Waals surface area contributed by atoms with Crippen LogP contribution in [0.3, 0.4) is 0 Å². The van der Waals surface area contributed by atoms with Crippen molar-refractivity contribution in [3.8, 4) is 0 Å². The van der Waals surface area contributed by atoms with Gasteiger partial charge in [-0.3, -0.25) is 0 Å². The Labute approximate surface area is 185 Å². The lowest BCUT2D eigenvalue weighted by Crippen LogP contribution is -2.59. The average Bonchev–Trinajstić information content (AvgIpc) is 3.21. The summed E-state index contributed by atoms with van der Waals surface area (Å²) in [6, 6.07) is 0. The summed E-state index contributed by atoms with van der Waals surface area (Å²) in [5.74, 6) is 2.63. The number of fused-ring (bicyclic) bond motifs is 4. The van der Waals surface area contributed by atoms with Gasteiger partial charge in [0.2, 0.25) is 0 Å². The molecule has 10 atom stereocenters. The number of hydrogen-bond donors (Lipinski definition) is 1. The summed E-state index contributed by atoms with van der Waals surface area (Å²) in [6.45, 7) is 16.8. The molecule has 0 amide bonds. The Morgan fingerprint density at radius 2 is 1.70 bits per heavy atom. The van der Waals surface area contributed by atoms with E-state index >= 15 is 0 Å². The van der Waals surface area contributed by atoms with Crippen molar-refractivity contribution in [1.29, 1.82) is 0 Å². The topological polar surface area (TPSA) is 38.7 Å². The molecule has 0 radical (unpaired) electrons. The van der Waals surface area contributed by atoms with E-state index in [1.807, 2.05) is 7.11 Å². The van der Waals surface area contributed by atoms with Gasteiger partial charge < -0.3 is 14.3 Å². The van der Waals surface area contributed by atoms with Crippen molar-refractivity contribution in [3.63, 3.8) is 0 Å². The molecular weight excluding hydrogens is 388 g/mol. The second kappa shape index (κ2) is 6.36. The monoisotopic (exact) mass is 434 g/mol. The number of hydrogen-bond acceptors (Lipinski definition) is 3. The fourth-order valence-corrected chi connectivity index (χ4v) is 10.7. The van der Waals surface area contributed by atoms with Crippen LogP contribution in [0.5, 0.6) is 0 Å². The van der Waals surface area contributed by atoms with Crippen LogP contribution in [0.2, 0.25) is 18.1 Å². The van der Waals surface area contributed by atoms with Gasteiger partial charge in [0.25, 0.3) is 0 Å². The molecule has 0 bridgehead atoms. The third-order valence-electron chi connectivity index (χ3n) is 12.0. The average molecular weight is 435 g/mol. The van der Waals surface area contributed by atoms with Gasteiger partial charge in [-0.15, -0.1) is 0 Å². The van der Waals surface area contributed by atoms with Gasteiger partial charge in [0.05, 0.1) is 18.3 Å². The van der Waals surface area contributed by atoms with Crippen LogP contribution >= 0.6 is 0 Å². The molecule has 5 aliphatic carbocycles. The van der Waals surface area contributed by atoms with Crippen LogP contribution in [0.1, 0.15) is 79.6 Å². The Balaban J connectivity index is 1.46. The van der Waals surface area contributed by atoms with Crippen molar-refractivity contribution >= 4 is 8.32 Å². The number of rotatable bonds is 3. The largest absolute Gasteiger partial charge is 0.413 e. The van der Waals surface area contributed by atoms with E-state index in [2.05, 4.69) is 47.7 Å². The van der Waals surface area contributed by atoms with E-state index in [-0.39, 0.29) is 22.7 Å². The first-order chi connectivity index (χ1) is 13.8. The summed E-state index contributed by atoms with van der Waals surface area (Å²) in [5, 5.41) is 11.7. The van der Waals surface area contributed by atoms with Gasteiger partial charge >= 0.3 is 0 Å². The fourth-order valence-electron chi connectivity index (χ4n) is 9.31. The number of methoxy groups -OCH3 is 1. The van der Waals surface area contributed by atoms with E-state index < -0.39 is 8.32 Å². The third-order valence-corrected chi connectivity index (χ3v) is 16.5. The molecule has 0 unspecified atom stereocenters. The third kappa shape index (κ3) is 2.54. The zero-order valence-corrected chi connectivity index (χ0v) is 21.8. The van der Waals surface area contributed by atoms with Crippen molar-refractivity contribution in [1.82, 2.24) is 0 Å². The second-order valence-corrected chi connectivity index (χ2v) is 18.6. The molecule has 3 nitrogen and oxygen atoms in total. The highest BCUT2D eigenvalue weighted by Gasteiger charge is 2.78. The molecule has 0 aromatic rings. The lowest BCUT2D eigenvalue weighted by Gasteiger charge is -2.61. The predicted molar refractivity (Wildman–Crippen MR) is 124 cm³/mol. The summed E-state index contributed by atoms with van der Waals surface area (Å²) < 4.78 is 13.3. The Morgan fingerprint density at radius 3 is 2.30 bits per heavy atom. The molecule has 0 saturated heterocycles. The van der Waals surface area contributed by atoms with Crippen LogP contribution in [0.25, 0.3) is 0 Å². The first-order valence-electron chi connectivity index (χ1n) is 12.7. The van der Waals surface area contributed by atoms with E-state index in [4.69, 9.17) is 9.16 Å². The molecule has 4 heteroatoms. The lowest BCUT2D eigenvalue weighted by atomic mass is 9.46. The van der Waals surface area contributed by atoms with Gasteiger partial charge in [-0.25, -0.2) is 0 Å². The number of aliphatic hydroxyl groups excluding tert-OH is 1. The molecule has 5 aliphatic rings. The SMILES string of the molecule is CO[C@@H]1C[C@H]2[C@H]3[C@H](O)C[C@H](O[Si](C)(C)C(C)(C)C)[C@@]3(C)CC[C@H]2[C@@]2(C)CC[C@@H]3C[C@]312. The summed E-state index contributed by atoms with van der Waals surface area (Å²) >= 11 is 0. The Kier molecular flexibility index (Phi) is 4.65. The molecule has 5 fully saturated rings. The van der Waals surface area contributed by atoms with E-state index in [0.717, 1.165) is 24.7 Å². The molecule has 30 heavy (non-hydrogen) atoms. The first-order valence-corrected chi connectivity index (χ1v) is 15.6. The predicted octanol–water partition coefficient (Wildman–Crippen LogP) is 6.02. The second-order valence-electron chi connectivity index (χ2n) is 13.9. The van der Waals surface area contributed by atoms with Gasteiger partial charge in [-0.05, 0) is 97.6 Å². The maximum Gasteiger partial charge on any atom is 0.192 e. The van der Waals surface area contributed by atoms with Crippen molar-refractivity contribution in [2.75, 3.05) is 7.11 Å². The Morgan fingerprint density at radius 1 is 1.00 bits per heavy atom. The Bertz CT molecular complexity index is 716. The van der Waals surface area contributed by atoms with Crippen LogP contribution in [0, 0.1) is 39.9 Å². The van der Waals surface area contributed by atoms with Gasteiger partial charge in [0, 0.05) is 12.5 Å². The number of aliphatic hydroxyl groups is 1. The molecule has 1 N–H and O–H groups in total. The molecular formula is C26H46O3Si. The normalized spacial score (nSPS) is 54.9. The maximum atomic E-state index is 11.5. The van der Waals surface area contributed by atoms with Crippen LogP contribution in [0.15, 0.2) is 0 Å². The van der Waals surface area contributed by atoms with E-state index in [9.17, 15) is 5.11 Å². The van der Waals surface area contributed by atoms with Crippen LogP contribution in [-0.2, 0) is 9.16 Å². The van der Waals surface area contributed by atoms with Gasteiger partial charge in [-0.1, -0.05) is 34.6 Å². The summed E-state index contributed by atoms with van der Waals surface area (Å²) in [4.78, 5) is 0. The summed E-state index contributed by atoms with van der Waals surface area (Å²) in [7, 11) is 0.0846. The van der Waals surface area contributed by atoms with Gasteiger partial charge in [0.1, 0.15) is 0 Å². The van der Waals surface area contributed by atoms with E-state index in [1.165, 1.54) is 32.1 Å². The molecule has 0 aliphatic heterocycles. The smallest absolute Gasteiger partial charge is 0.192 e. The van der Waals surface area contributed by atoms with Gasteiger partial charge in [0.15, 0.2) is 8.32 Å². The molecule has 1 spiro atoms. The van der Waals surface area contributed by atoms with E-state index in [1.54, 1.807) is 0 Å². The fraction of sp³-hybridized carbons (Fsp3) is 1.00. The molecule has 0 aromatic heterocycles. The van der Waals surface area contributed by atoms with Gasteiger partial charge in [-0.2, -0.15) is 0 Å². The number of ether oxygens (including phenoxy) is 1. The molecule has 5 rings (SSSR count). The van der Waals surface area contributed by atoms with Crippen LogP contribution in [0.4, 0.5) is 0 Å². The molecule has 172 valence electrons. The molecule has 5 saturated carbocycles. The highest BCUT2D eigenvalue weighted by atomic mass is 28.4. The zero-order valence-electron chi connectivity index (χ0n) is 20.8. The Hall–Kier alpha value is 0.0969. The molecule has 0 aromatic carbocycles. The highest BCUT2D eigenvalue weighted by molar-refractivity contribution is 6.74. The minimum Gasteiger partial charge on any atom is -0.413 e. The minimum atomic E-state index is -1.86. The quantitative estimate of drug-likeness (QED) is 0.552.